The van der Waals surface area contributed by atoms with Crippen LogP contribution in [0.25, 0.3) is 0 Å². The van der Waals surface area contributed by atoms with Crippen molar-refractivity contribution in [2.45, 2.75) is 19.5 Å². The normalized spacial score (nSPS) is 11.4. The van der Waals surface area contributed by atoms with E-state index in [1.807, 2.05) is 12.1 Å². The minimum absolute atomic E-state index is 0.250. The molecular weight excluding hydrogens is 349 g/mol. The van der Waals surface area contributed by atoms with Gasteiger partial charge >= 0.3 is 6.36 Å². The van der Waals surface area contributed by atoms with Crippen molar-refractivity contribution >= 4 is 15.9 Å². The van der Waals surface area contributed by atoms with Gasteiger partial charge in [-0.15, -0.1) is 13.2 Å². The highest BCUT2D eigenvalue weighted by Crippen LogP contribution is 2.31. The quantitative estimate of drug-likeness (QED) is 0.873. The Morgan fingerprint density at radius 2 is 1.71 bits per heavy atom. The smallest absolute Gasteiger partial charge is 0.405 e. The molecule has 1 heterocycles. The lowest BCUT2D eigenvalue weighted by Gasteiger charge is -2.12. The first-order valence-corrected chi connectivity index (χ1v) is 6.87. The van der Waals surface area contributed by atoms with E-state index in [4.69, 9.17) is 0 Å². The standard InChI is InChI=1S/C14H12BrF3N2O/c15-12-7-11(1-2-13(12)21-14(16,17)18)9-20-8-10-3-5-19-6-4-10/h1-7,20H,8-9H2. The number of benzene rings is 1. The van der Waals surface area contributed by atoms with Crippen molar-refractivity contribution in [3.05, 3.63) is 58.3 Å². The molecule has 1 aromatic carbocycles. The fraction of sp³-hybridized carbons (Fsp3) is 0.214. The minimum Gasteiger partial charge on any atom is -0.405 e. The second kappa shape index (κ2) is 6.91. The molecule has 0 bridgehead atoms. The summed E-state index contributed by atoms with van der Waals surface area (Å²) in [5, 5.41) is 3.20. The van der Waals surface area contributed by atoms with E-state index in [0.717, 1.165) is 11.1 Å². The number of aromatic nitrogens is 1. The molecule has 7 heteroatoms. The number of rotatable bonds is 5. The Labute approximate surface area is 128 Å². The molecule has 0 aliphatic heterocycles. The van der Waals surface area contributed by atoms with Gasteiger partial charge in [0.25, 0.3) is 0 Å². The van der Waals surface area contributed by atoms with E-state index in [1.54, 1.807) is 24.5 Å². The van der Waals surface area contributed by atoms with E-state index in [1.165, 1.54) is 6.07 Å². The van der Waals surface area contributed by atoms with Gasteiger partial charge in [-0.3, -0.25) is 4.98 Å². The summed E-state index contributed by atoms with van der Waals surface area (Å²) in [5.74, 6) is -0.250. The molecule has 2 aromatic rings. The van der Waals surface area contributed by atoms with Crippen molar-refractivity contribution in [1.29, 1.82) is 0 Å². The third kappa shape index (κ3) is 5.35. The summed E-state index contributed by atoms with van der Waals surface area (Å²) >= 11 is 3.08. The summed E-state index contributed by atoms with van der Waals surface area (Å²) < 4.78 is 40.6. The van der Waals surface area contributed by atoms with Crippen LogP contribution in [0.2, 0.25) is 0 Å². The maximum atomic E-state index is 12.2. The largest absolute Gasteiger partial charge is 0.573 e. The SMILES string of the molecule is FC(F)(F)Oc1ccc(CNCc2ccncc2)cc1Br. The average molecular weight is 361 g/mol. The van der Waals surface area contributed by atoms with Crippen LogP contribution in [0.15, 0.2) is 47.2 Å². The summed E-state index contributed by atoms with van der Waals surface area (Å²) in [6.45, 7) is 1.19. The van der Waals surface area contributed by atoms with Crippen molar-refractivity contribution < 1.29 is 17.9 Å². The van der Waals surface area contributed by atoms with E-state index in [0.29, 0.717) is 13.1 Å². The Morgan fingerprint density at radius 3 is 2.33 bits per heavy atom. The number of nitrogens with zero attached hydrogens (tertiary/aromatic N) is 1. The molecule has 0 saturated carbocycles. The Hall–Kier alpha value is -1.60. The maximum absolute atomic E-state index is 12.2. The Kier molecular flexibility index (Phi) is 5.19. The third-order valence-electron chi connectivity index (χ3n) is 2.63. The van der Waals surface area contributed by atoms with Gasteiger partial charge in [0, 0.05) is 25.5 Å². The van der Waals surface area contributed by atoms with E-state index < -0.39 is 6.36 Å². The van der Waals surface area contributed by atoms with Crippen LogP contribution in [-0.4, -0.2) is 11.3 Å². The van der Waals surface area contributed by atoms with E-state index >= 15 is 0 Å². The van der Waals surface area contributed by atoms with Crippen molar-refractivity contribution in [2.75, 3.05) is 0 Å². The van der Waals surface area contributed by atoms with Crippen LogP contribution in [-0.2, 0) is 13.1 Å². The fourth-order valence-electron chi connectivity index (χ4n) is 1.71. The molecule has 0 aliphatic carbocycles. The molecule has 1 N–H and O–H groups in total. The molecule has 3 nitrogen and oxygen atoms in total. The minimum atomic E-state index is -4.69. The van der Waals surface area contributed by atoms with Gasteiger partial charge in [0.1, 0.15) is 5.75 Å². The van der Waals surface area contributed by atoms with Gasteiger partial charge in [-0.2, -0.15) is 0 Å². The van der Waals surface area contributed by atoms with Gasteiger partial charge in [0.15, 0.2) is 0 Å². The maximum Gasteiger partial charge on any atom is 0.573 e. The van der Waals surface area contributed by atoms with Crippen LogP contribution < -0.4 is 10.1 Å². The van der Waals surface area contributed by atoms with Gasteiger partial charge in [-0.05, 0) is 51.3 Å². The highest BCUT2D eigenvalue weighted by atomic mass is 79.9. The number of ether oxygens (including phenoxy) is 1. The lowest BCUT2D eigenvalue weighted by atomic mass is 10.2. The highest BCUT2D eigenvalue weighted by Gasteiger charge is 2.31. The zero-order valence-electron chi connectivity index (χ0n) is 10.8. The first kappa shape index (κ1) is 15.8. The molecule has 0 radical (unpaired) electrons. The lowest BCUT2D eigenvalue weighted by molar-refractivity contribution is -0.274. The van der Waals surface area contributed by atoms with Gasteiger partial charge in [0.05, 0.1) is 4.47 Å². The molecule has 1 aromatic heterocycles. The van der Waals surface area contributed by atoms with Gasteiger partial charge < -0.3 is 10.1 Å². The van der Waals surface area contributed by atoms with E-state index in [-0.39, 0.29) is 10.2 Å². The Bertz CT molecular complexity index is 591. The van der Waals surface area contributed by atoms with Crippen LogP contribution in [0.5, 0.6) is 5.75 Å². The first-order chi connectivity index (χ1) is 9.94. The van der Waals surface area contributed by atoms with Gasteiger partial charge in [-0.25, -0.2) is 0 Å². The van der Waals surface area contributed by atoms with Crippen LogP contribution in [0.3, 0.4) is 0 Å². The zero-order valence-corrected chi connectivity index (χ0v) is 12.4. The summed E-state index contributed by atoms with van der Waals surface area (Å²) in [6, 6.07) is 8.26. The second-order valence-corrected chi connectivity index (χ2v) is 5.13. The van der Waals surface area contributed by atoms with Crippen LogP contribution in [0.4, 0.5) is 13.2 Å². The fourth-order valence-corrected chi connectivity index (χ4v) is 2.22. The molecule has 0 amide bonds. The highest BCUT2D eigenvalue weighted by molar-refractivity contribution is 9.10. The Balaban J connectivity index is 1.91. The van der Waals surface area contributed by atoms with Crippen molar-refractivity contribution in [3.8, 4) is 5.75 Å². The topological polar surface area (TPSA) is 34.1 Å². The predicted octanol–water partition coefficient (Wildman–Crippen LogP) is 4.03. The van der Waals surface area contributed by atoms with Crippen LogP contribution in [0, 0.1) is 0 Å². The summed E-state index contributed by atoms with van der Waals surface area (Å²) in [5.41, 5.74) is 1.94. The van der Waals surface area contributed by atoms with Crippen molar-refractivity contribution in [1.82, 2.24) is 10.3 Å². The monoisotopic (exact) mass is 360 g/mol. The molecule has 0 fully saturated rings. The number of hydrogen-bond acceptors (Lipinski definition) is 3. The number of halogens is 4. The average Bonchev–Trinajstić information content (AvgIpc) is 2.42. The zero-order chi connectivity index (χ0) is 15.3. The number of alkyl halides is 3. The van der Waals surface area contributed by atoms with Gasteiger partial charge in [0.2, 0.25) is 0 Å². The molecule has 112 valence electrons. The number of nitrogens with one attached hydrogen (secondary N) is 1. The molecular formula is C14H12BrF3N2O. The summed E-state index contributed by atoms with van der Waals surface area (Å²) in [6.07, 6.45) is -1.28. The number of pyridine rings is 1. The van der Waals surface area contributed by atoms with E-state index in [9.17, 15) is 13.2 Å². The van der Waals surface area contributed by atoms with Crippen LogP contribution >= 0.6 is 15.9 Å². The van der Waals surface area contributed by atoms with E-state index in [2.05, 4.69) is 31.0 Å². The first-order valence-electron chi connectivity index (χ1n) is 6.08. The second-order valence-electron chi connectivity index (χ2n) is 4.27. The molecule has 0 saturated heterocycles. The Morgan fingerprint density at radius 1 is 1.05 bits per heavy atom. The molecule has 21 heavy (non-hydrogen) atoms. The number of hydrogen-bond donors (Lipinski definition) is 1. The molecule has 0 atom stereocenters. The van der Waals surface area contributed by atoms with Crippen LogP contribution in [0.1, 0.15) is 11.1 Å². The molecule has 0 aliphatic rings. The summed E-state index contributed by atoms with van der Waals surface area (Å²) in [7, 11) is 0. The summed E-state index contributed by atoms with van der Waals surface area (Å²) in [4.78, 5) is 3.92. The van der Waals surface area contributed by atoms with Crippen molar-refractivity contribution in [3.63, 3.8) is 0 Å². The predicted molar refractivity (Wildman–Crippen MR) is 75.6 cm³/mol. The molecule has 2 rings (SSSR count). The molecule has 0 unspecified atom stereocenters. The van der Waals surface area contributed by atoms with Crippen molar-refractivity contribution in [2.24, 2.45) is 0 Å². The third-order valence-corrected chi connectivity index (χ3v) is 3.25. The lowest BCUT2D eigenvalue weighted by Crippen LogP contribution is -2.17. The van der Waals surface area contributed by atoms with Gasteiger partial charge in [-0.1, -0.05) is 6.07 Å². The molecule has 0 spiro atoms.